The highest BCUT2D eigenvalue weighted by atomic mass is 16.6. The molecule has 0 bridgehead atoms. The van der Waals surface area contributed by atoms with Crippen molar-refractivity contribution in [1.29, 1.82) is 0 Å². The molecule has 4 rings (SSSR count). The van der Waals surface area contributed by atoms with Crippen LogP contribution in [-0.2, 0) is 4.74 Å². The third-order valence-electron chi connectivity index (χ3n) is 5.37. The van der Waals surface area contributed by atoms with Crippen LogP contribution in [0.4, 0.5) is 5.82 Å². The number of aliphatic hydroxyl groups is 3. The Morgan fingerprint density at radius 3 is 2.67 bits per heavy atom. The lowest BCUT2D eigenvalue weighted by atomic mass is 9.98. The average molecular weight is 415 g/mol. The number of ether oxygens (including phenoxy) is 2. The van der Waals surface area contributed by atoms with E-state index >= 15 is 0 Å². The van der Waals surface area contributed by atoms with E-state index in [2.05, 4.69) is 34.0 Å². The van der Waals surface area contributed by atoms with E-state index in [4.69, 9.17) is 15.2 Å². The average Bonchev–Trinajstić information content (AvgIpc) is 3.30. The summed E-state index contributed by atoms with van der Waals surface area (Å²) < 4.78 is 12.7. The molecule has 2 aromatic heterocycles. The summed E-state index contributed by atoms with van der Waals surface area (Å²) in [5.74, 6) is 0.438. The maximum Gasteiger partial charge on any atom is 0.320 e. The minimum absolute atomic E-state index is 0.0914. The summed E-state index contributed by atoms with van der Waals surface area (Å²) in [6.07, 6.45) is -2.20. The number of hydrogen-bond donors (Lipinski definition) is 4. The van der Waals surface area contributed by atoms with Crippen molar-refractivity contribution in [2.45, 2.75) is 43.8 Å². The second-order valence-electron chi connectivity index (χ2n) is 7.39. The van der Waals surface area contributed by atoms with E-state index in [0.29, 0.717) is 23.7 Å². The molecule has 10 heteroatoms. The monoisotopic (exact) mass is 415 g/mol. The largest absolute Gasteiger partial charge is 0.463 e. The molecular weight excluding hydrogens is 390 g/mol. The number of aliphatic hydroxyl groups excluding tert-OH is 3. The first-order valence-electron chi connectivity index (χ1n) is 9.79. The molecule has 0 amide bonds. The van der Waals surface area contributed by atoms with Gasteiger partial charge in [0, 0.05) is 0 Å². The Hall–Kier alpha value is -2.79. The summed E-state index contributed by atoms with van der Waals surface area (Å²) in [5, 5.41) is 29.6. The van der Waals surface area contributed by atoms with Gasteiger partial charge in [0.25, 0.3) is 0 Å². The van der Waals surface area contributed by atoms with Crippen LogP contribution >= 0.6 is 0 Å². The number of nitrogens with zero attached hydrogens (tertiary/aromatic N) is 4. The predicted molar refractivity (Wildman–Crippen MR) is 108 cm³/mol. The van der Waals surface area contributed by atoms with Gasteiger partial charge in [-0.1, -0.05) is 37.3 Å². The van der Waals surface area contributed by atoms with Crippen LogP contribution in [-0.4, -0.2) is 66.4 Å². The van der Waals surface area contributed by atoms with E-state index in [1.807, 2.05) is 18.2 Å². The SMILES string of the molecule is C[C@@H](CCOc1nc(N)c2ncn(C3O[C@H](CO)[C@H](O)[C@@H]3O)c2n1)c1ccccc1. The van der Waals surface area contributed by atoms with Crippen molar-refractivity contribution in [2.24, 2.45) is 0 Å². The molecule has 160 valence electrons. The van der Waals surface area contributed by atoms with E-state index in [1.54, 1.807) is 0 Å². The Bertz CT molecular complexity index is 998. The summed E-state index contributed by atoms with van der Waals surface area (Å²) >= 11 is 0. The van der Waals surface area contributed by atoms with Gasteiger partial charge in [-0.25, -0.2) is 4.98 Å². The van der Waals surface area contributed by atoms with E-state index in [0.717, 1.165) is 6.42 Å². The second kappa shape index (κ2) is 8.52. The molecule has 0 saturated carbocycles. The quantitative estimate of drug-likeness (QED) is 0.435. The molecule has 1 aliphatic heterocycles. The molecule has 3 heterocycles. The lowest BCUT2D eigenvalue weighted by Gasteiger charge is -2.17. The Kier molecular flexibility index (Phi) is 5.82. The number of benzene rings is 1. The molecule has 1 aliphatic rings. The van der Waals surface area contributed by atoms with Gasteiger partial charge in [0.15, 0.2) is 23.2 Å². The molecule has 5 N–H and O–H groups in total. The van der Waals surface area contributed by atoms with Crippen molar-refractivity contribution in [2.75, 3.05) is 18.9 Å². The van der Waals surface area contributed by atoms with Gasteiger partial charge in [-0.3, -0.25) is 4.57 Å². The number of nitrogen functional groups attached to an aromatic ring is 1. The number of nitrogens with two attached hydrogens (primary N) is 1. The van der Waals surface area contributed by atoms with Crippen molar-refractivity contribution in [1.82, 2.24) is 19.5 Å². The molecule has 1 saturated heterocycles. The highest BCUT2D eigenvalue weighted by molar-refractivity contribution is 5.82. The van der Waals surface area contributed by atoms with E-state index < -0.39 is 31.1 Å². The van der Waals surface area contributed by atoms with Gasteiger partial charge in [-0.2, -0.15) is 9.97 Å². The molecule has 1 aromatic carbocycles. The second-order valence-corrected chi connectivity index (χ2v) is 7.39. The molecule has 3 aromatic rings. The fourth-order valence-corrected chi connectivity index (χ4v) is 3.55. The number of fused-ring (bicyclic) bond motifs is 1. The van der Waals surface area contributed by atoms with Crippen molar-refractivity contribution < 1.29 is 24.8 Å². The fraction of sp³-hybridized carbons (Fsp3) is 0.450. The van der Waals surface area contributed by atoms with Crippen molar-refractivity contribution >= 4 is 17.0 Å². The van der Waals surface area contributed by atoms with Crippen LogP contribution in [0.15, 0.2) is 36.7 Å². The number of imidazole rings is 1. The van der Waals surface area contributed by atoms with E-state index in [1.165, 1.54) is 16.5 Å². The minimum Gasteiger partial charge on any atom is -0.463 e. The molecule has 0 spiro atoms. The predicted octanol–water partition coefficient (Wildman–Crippen LogP) is 0.593. The summed E-state index contributed by atoms with van der Waals surface area (Å²) in [5.41, 5.74) is 7.87. The topological polar surface area (TPSA) is 149 Å². The van der Waals surface area contributed by atoms with Gasteiger partial charge in [0.1, 0.15) is 18.3 Å². The van der Waals surface area contributed by atoms with Gasteiger partial charge in [-0.05, 0) is 17.9 Å². The van der Waals surface area contributed by atoms with Gasteiger partial charge in [0.2, 0.25) is 0 Å². The van der Waals surface area contributed by atoms with Crippen LogP contribution in [0.1, 0.15) is 31.1 Å². The van der Waals surface area contributed by atoms with Gasteiger partial charge in [-0.15, -0.1) is 0 Å². The van der Waals surface area contributed by atoms with Crippen LogP contribution in [0.3, 0.4) is 0 Å². The number of aromatic nitrogens is 4. The maximum atomic E-state index is 10.3. The Balaban J connectivity index is 1.51. The summed E-state index contributed by atoms with van der Waals surface area (Å²) in [7, 11) is 0. The Labute approximate surface area is 172 Å². The Morgan fingerprint density at radius 2 is 1.97 bits per heavy atom. The zero-order chi connectivity index (χ0) is 21.3. The first-order valence-corrected chi connectivity index (χ1v) is 9.79. The first-order chi connectivity index (χ1) is 14.5. The zero-order valence-electron chi connectivity index (χ0n) is 16.5. The van der Waals surface area contributed by atoms with E-state index in [-0.39, 0.29) is 11.8 Å². The van der Waals surface area contributed by atoms with Crippen molar-refractivity contribution in [3.63, 3.8) is 0 Å². The molecule has 10 nitrogen and oxygen atoms in total. The summed E-state index contributed by atoms with van der Waals surface area (Å²) in [4.78, 5) is 12.7. The first kappa shape index (κ1) is 20.5. The fourth-order valence-electron chi connectivity index (χ4n) is 3.55. The van der Waals surface area contributed by atoms with E-state index in [9.17, 15) is 15.3 Å². The summed E-state index contributed by atoms with van der Waals surface area (Å²) in [6.45, 7) is 2.09. The molecule has 5 atom stereocenters. The van der Waals surface area contributed by atoms with Crippen LogP contribution in [0, 0.1) is 0 Å². The number of rotatable bonds is 7. The molecule has 30 heavy (non-hydrogen) atoms. The Morgan fingerprint density at radius 1 is 1.20 bits per heavy atom. The molecular formula is C20H25N5O5. The van der Waals surface area contributed by atoms with Crippen molar-refractivity contribution in [3.8, 4) is 6.01 Å². The zero-order valence-corrected chi connectivity index (χ0v) is 16.5. The molecule has 0 radical (unpaired) electrons. The van der Waals surface area contributed by atoms with Crippen LogP contribution in [0.5, 0.6) is 6.01 Å². The lowest BCUT2D eigenvalue weighted by molar-refractivity contribution is -0.0511. The van der Waals surface area contributed by atoms with Gasteiger partial charge in [0.05, 0.1) is 19.5 Å². The van der Waals surface area contributed by atoms with Crippen LogP contribution < -0.4 is 10.5 Å². The highest BCUT2D eigenvalue weighted by Gasteiger charge is 2.44. The van der Waals surface area contributed by atoms with Crippen molar-refractivity contribution in [3.05, 3.63) is 42.2 Å². The smallest absolute Gasteiger partial charge is 0.320 e. The van der Waals surface area contributed by atoms with Gasteiger partial charge < -0.3 is 30.5 Å². The minimum atomic E-state index is -1.26. The maximum absolute atomic E-state index is 10.3. The molecule has 1 fully saturated rings. The number of hydrogen-bond acceptors (Lipinski definition) is 9. The third-order valence-corrected chi connectivity index (χ3v) is 5.37. The van der Waals surface area contributed by atoms with Crippen LogP contribution in [0.25, 0.3) is 11.2 Å². The molecule has 1 unspecified atom stereocenters. The van der Waals surface area contributed by atoms with Gasteiger partial charge >= 0.3 is 6.01 Å². The van der Waals surface area contributed by atoms with Crippen LogP contribution in [0.2, 0.25) is 0 Å². The normalized spacial score (nSPS) is 24.9. The third kappa shape index (κ3) is 3.82. The summed E-state index contributed by atoms with van der Waals surface area (Å²) in [6, 6.07) is 10.2. The lowest BCUT2D eigenvalue weighted by Crippen LogP contribution is -2.33. The standard InChI is InChI=1S/C20H25N5O5/c1-11(12-5-3-2-4-6-12)7-8-29-20-23-17(21)14-18(24-20)25(10-22-14)19-16(28)15(27)13(9-26)30-19/h2-6,10-11,13,15-16,19,26-28H,7-9H2,1H3,(H2,21,23,24)/t11-,13+,15-,16-,19?/m0/s1. The molecule has 0 aliphatic carbocycles. The number of anilines is 1. The highest BCUT2D eigenvalue weighted by Crippen LogP contribution is 2.32.